The van der Waals surface area contributed by atoms with Crippen LogP contribution in [0.1, 0.15) is 21.5 Å². The number of carbonyl (C=O) groups is 1. The molecule has 1 aromatic heterocycles. The van der Waals surface area contributed by atoms with Gasteiger partial charge in [0, 0.05) is 27.2 Å². The van der Waals surface area contributed by atoms with Crippen molar-refractivity contribution in [2.24, 2.45) is 0 Å². The van der Waals surface area contributed by atoms with E-state index >= 15 is 0 Å². The zero-order valence-electron chi connectivity index (χ0n) is 17.5. The fourth-order valence-electron chi connectivity index (χ4n) is 3.08. The van der Waals surface area contributed by atoms with Gasteiger partial charge in [0.05, 0.1) is 5.69 Å². The van der Waals surface area contributed by atoms with Crippen LogP contribution in [0.25, 0.3) is 5.69 Å². The van der Waals surface area contributed by atoms with Crippen molar-refractivity contribution in [3.63, 3.8) is 0 Å². The molecule has 0 unspecified atom stereocenters. The van der Waals surface area contributed by atoms with Crippen molar-refractivity contribution in [2.75, 3.05) is 5.32 Å². The number of rotatable bonds is 5. The predicted octanol–water partition coefficient (Wildman–Crippen LogP) is 5.91. The maximum absolute atomic E-state index is 12.6. The lowest BCUT2D eigenvalue weighted by Gasteiger charge is -2.10. The van der Waals surface area contributed by atoms with Gasteiger partial charge in [0.15, 0.2) is 0 Å². The van der Waals surface area contributed by atoms with Crippen LogP contribution in [0.15, 0.2) is 93.6 Å². The molecule has 0 fully saturated rings. The maximum Gasteiger partial charge on any atom is 0.271 e. The Morgan fingerprint density at radius 1 is 0.938 bits per heavy atom. The van der Waals surface area contributed by atoms with E-state index in [4.69, 9.17) is 11.6 Å². The smallest absolute Gasteiger partial charge is 0.271 e. The van der Waals surface area contributed by atoms with Gasteiger partial charge in [-0.15, -0.1) is 0 Å². The maximum atomic E-state index is 12.6. The molecule has 0 aliphatic heterocycles. The first-order chi connectivity index (χ1) is 15.4. The molecule has 1 heterocycles. The normalized spacial score (nSPS) is 10.7. The number of anilines is 1. The van der Waals surface area contributed by atoms with Gasteiger partial charge in [0.25, 0.3) is 11.5 Å². The average molecular weight is 462 g/mol. The Hall–Kier alpha value is -3.35. The minimum Gasteiger partial charge on any atom is -0.322 e. The van der Waals surface area contributed by atoms with E-state index in [1.165, 1.54) is 28.1 Å². The van der Waals surface area contributed by atoms with E-state index in [9.17, 15) is 9.59 Å². The number of nitrogens with one attached hydrogen (secondary N) is 1. The molecule has 7 heteroatoms. The number of hydrogen-bond donors (Lipinski definition) is 1. The van der Waals surface area contributed by atoms with Crippen LogP contribution < -0.4 is 10.9 Å². The van der Waals surface area contributed by atoms with E-state index in [0.717, 1.165) is 10.5 Å². The van der Waals surface area contributed by atoms with Gasteiger partial charge < -0.3 is 5.32 Å². The molecule has 0 saturated carbocycles. The van der Waals surface area contributed by atoms with Gasteiger partial charge in [-0.1, -0.05) is 41.1 Å². The van der Waals surface area contributed by atoms with E-state index in [0.29, 0.717) is 27.0 Å². The Balaban J connectivity index is 1.53. The van der Waals surface area contributed by atoms with Gasteiger partial charge >= 0.3 is 0 Å². The molecule has 4 rings (SSSR count). The van der Waals surface area contributed by atoms with Crippen molar-refractivity contribution >= 4 is 35.0 Å². The highest BCUT2D eigenvalue weighted by atomic mass is 35.5. The highest BCUT2D eigenvalue weighted by molar-refractivity contribution is 7.99. The Morgan fingerprint density at radius 2 is 1.66 bits per heavy atom. The van der Waals surface area contributed by atoms with Gasteiger partial charge in [-0.2, -0.15) is 9.78 Å². The molecule has 4 aromatic rings. The van der Waals surface area contributed by atoms with Crippen LogP contribution >= 0.6 is 23.4 Å². The predicted molar refractivity (Wildman–Crippen MR) is 129 cm³/mol. The number of halogens is 1. The molecule has 32 heavy (non-hydrogen) atoms. The highest BCUT2D eigenvalue weighted by Crippen LogP contribution is 2.25. The second-order valence-corrected chi connectivity index (χ2v) is 8.83. The molecule has 0 aliphatic rings. The highest BCUT2D eigenvalue weighted by Gasteiger charge is 2.10. The fraction of sp³-hybridized carbons (Fsp3) is 0.0800. The molecular formula is C25H20ClN3O2S. The first-order valence-electron chi connectivity index (χ1n) is 9.92. The van der Waals surface area contributed by atoms with Crippen molar-refractivity contribution < 1.29 is 4.79 Å². The van der Waals surface area contributed by atoms with Gasteiger partial charge in [-0.25, -0.2) is 0 Å². The van der Waals surface area contributed by atoms with Crippen LogP contribution in [0.4, 0.5) is 5.69 Å². The third-order valence-corrected chi connectivity index (χ3v) is 6.00. The zero-order valence-corrected chi connectivity index (χ0v) is 19.1. The van der Waals surface area contributed by atoms with E-state index in [1.807, 2.05) is 38.1 Å². The van der Waals surface area contributed by atoms with Crippen LogP contribution in [0, 0.1) is 13.8 Å². The van der Waals surface area contributed by atoms with Crippen molar-refractivity contribution in [1.29, 1.82) is 0 Å². The van der Waals surface area contributed by atoms with Crippen LogP contribution in [0.2, 0.25) is 5.02 Å². The number of hydrogen-bond acceptors (Lipinski definition) is 4. The summed E-state index contributed by atoms with van der Waals surface area (Å²) < 4.78 is 1.33. The summed E-state index contributed by atoms with van der Waals surface area (Å²) in [4.78, 5) is 26.1. The molecule has 1 amide bonds. The van der Waals surface area contributed by atoms with Crippen molar-refractivity contribution in [2.45, 2.75) is 23.8 Å². The lowest BCUT2D eigenvalue weighted by atomic mass is 10.1. The van der Waals surface area contributed by atoms with Crippen LogP contribution in [-0.2, 0) is 0 Å². The fourth-order valence-corrected chi connectivity index (χ4v) is 4.08. The molecule has 160 valence electrons. The van der Waals surface area contributed by atoms with Crippen molar-refractivity contribution in [3.8, 4) is 5.69 Å². The van der Waals surface area contributed by atoms with E-state index in [2.05, 4.69) is 10.4 Å². The van der Waals surface area contributed by atoms with E-state index < -0.39 is 0 Å². The second kappa shape index (κ2) is 9.42. The van der Waals surface area contributed by atoms with Crippen molar-refractivity contribution in [3.05, 3.63) is 111 Å². The van der Waals surface area contributed by atoms with E-state index in [-0.39, 0.29) is 11.5 Å². The Labute approximate surface area is 195 Å². The molecule has 0 atom stereocenters. The number of aryl methyl sites for hydroxylation is 2. The molecule has 0 aliphatic carbocycles. The molecule has 0 bridgehead atoms. The van der Waals surface area contributed by atoms with Crippen LogP contribution in [0.3, 0.4) is 0 Å². The first-order valence-corrected chi connectivity index (χ1v) is 11.1. The third kappa shape index (κ3) is 5.10. The molecule has 0 spiro atoms. The second-order valence-electron chi connectivity index (χ2n) is 7.30. The van der Waals surface area contributed by atoms with Crippen LogP contribution in [0.5, 0.6) is 0 Å². The summed E-state index contributed by atoms with van der Waals surface area (Å²) in [5, 5.41) is 8.67. The minimum atomic E-state index is -0.244. The summed E-state index contributed by atoms with van der Waals surface area (Å²) in [5.74, 6) is -0.244. The molecule has 0 saturated heterocycles. The summed E-state index contributed by atoms with van der Waals surface area (Å²) in [6.07, 6.45) is 0. The quantitative estimate of drug-likeness (QED) is 0.401. The summed E-state index contributed by atoms with van der Waals surface area (Å²) in [5.41, 5.74) is 3.57. The molecule has 3 aromatic carbocycles. The van der Waals surface area contributed by atoms with Gasteiger partial charge in [0.1, 0.15) is 5.03 Å². The topological polar surface area (TPSA) is 64.0 Å². The minimum absolute atomic E-state index is 0.243. The average Bonchev–Trinajstić information content (AvgIpc) is 2.78. The number of benzene rings is 3. The van der Waals surface area contributed by atoms with Crippen molar-refractivity contribution in [1.82, 2.24) is 9.78 Å². The molecule has 0 radical (unpaired) electrons. The number of carbonyl (C=O) groups excluding carboxylic acids is 1. The van der Waals surface area contributed by atoms with Gasteiger partial charge in [0.2, 0.25) is 0 Å². The summed E-state index contributed by atoms with van der Waals surface area (Å²) in [6.45, 7) is 3.91. The SMILES string of the molecule is Cc1ccc(Sc2ccc(=O)n(-c3ccc(C(=O)Nc4ccc(Cl)cc4C)cc3)n2)cc1. The number of amides is 1. The molecule has 1 N–H and O–H groups in total. The summed E-state index contributed by atoms with van der Waals surface area (Å²) in [7, 11) is 0. The standard InChI is InChI=1S/C25H20ClN3O2S/c1-16-3-10-21(11-4-16)32-23-13-14-24(30)29(28-23)20-8-5-18(6-9-20)25(31)27-22-12-7-19(26)15-17(22)2/h3-15H,1-2H3,(H,27,31). The number of aromatic nitrogens is 2. The Bertz CT molecular complexity index is 1330. The molecular weight excluding hydrogens is 442 g/mol. The molecule has 5 nitrogen and oxygen atoms in total. The summed E-state index contributed by atoms with van der Waals surface area (Å²) >= 11 is 7.45. The van der Waals surface area contributed by atoms with Crippen LogP contribution in [-0.4, -0.2) is 15.7 Å². The Morgan fingerprint density at radius 3 is 2.34 bits per heavy atom. The lowest BCUT2D eigenvalue weighted by Crippen LogP contribution is -2.20. The Kier molecular flexibility index (Phi) is 6.44. The number of nitrogens with zero attached hydrogens (tertiary/aromatic N) is 2. The summed E-state index contributed by atoms with van der Waals surface area (Å²) in [6, 6.07) is 23.4. The monoisotopic (exact) mass is 461 g/mol. The van der Waals surface area contributed by atoms with Gasteiger partial charge in [-0.3, -0.25) is 9.59 Å². The lowest BCUT2D eigenvalue weighted by molar-refractivity contribution is 0.102. The largest absolute Gasteiger partial charge is 0.322 e. The van der Waals surface area contributed by atoms with Gasteiger partial charge in [-0.05, 0) is 80.1 Å². The zero-order chi connectivity index (χ0) is 22.7. The third-order valence-electron chi connectivity index (χ3n) is 4.83. The van der Waals surface area contributed by atoms with E-state index in [1.54, 1.807) is 48.5 Å². The first kappa shape index (κ1) is 21.9.